The van der Waals surface area contributed by atoms with Gasteiger partial charge in [0.15, 0.2) is 0 Å². The number of hydrogen-bond acceptors (Lipinski definition) is 3. The summed E-state index contributed by atoms with van der Waals surface area (Å²) < 4.78 is 0. The normalized spacial score (nSPS) is 20.8. The van der Waals surface area contributed by atoms with Gasteiger partial charge in [0.1, 0.15) is 0 Å². The van der Waals surface area contributed by atoms with Gasteiger partial charge in [-0.2, -0.15) is 0 Å². The monoisotopic (exact) mass is 332 g/mol. The molecule has 1 aliphatic heterocycles. The summed E-state index contributed by atoms with van der Waals surface area (Å²) in [5.74, 6) is 0.811. The molecular weight excluding hydrogens is 300 g/mol. The summed E-state index contributed by atoms with van der Waals surface area (Å²) in [4.78, 5) is 16.8. The summed E-state index contributed by atoms with van der Waals surface area (Å²) in [7, 11) is 4.26. The molecule has 2 N–H and O–H groups in total. The highest BCUT2D eigenvalue weighted by molar-refractivity contribution is 5.73. The van der Waals surface area contributed by atoms with E-state index < -0.39 is 0 Å². The average molecular weight is 332 g/mol. The first-order chi connectivity index (χ1) is 11.5. The average Bonchev–Trinajstić information content (AvgIpc) is 2.56. The van der Waals surface area contributed by atoms with E-state index in [1.54, 1.807) is 0 Å². The van der Waals surface area contributed by atoms with E-state index in [4.69, 9.17) is 0 Å². The molecule has 1 saturated heterocycles. The van der Waals surface area contributed by atoms with Crippen LogP contribution in [0.4, 0.5) is 4.79 Å². The number of hydrogen-bond donors (Lipinski definition) is 2. The van der Waals surface area contributed by atoms with Crippen molar-refractivity contribution in [2.45, 2.75) is 25.8 Å². The van der Waals surface area contributed by atoms with Gasteiger partial charge >= 0.3 is 6.03 Å². The Bertz CT molecular complexity index is 505. The molecule has 0 bridgehead atoms. The number of amides is 2. The number of likely N-dealkylation sites (N-methyl/N-ethyl adjacent to an activating group) is 2. The van der Waals surface area contributed by atoms with Gasteiger partial charge in [-0.3, -0.25) is 4.90 Å². The zero-order valence-corrected chi connectivity index (χ0v) is 15.5. The second kappa shape index (κ2) is 9.04. The smallest absolute Gasteiger partial charge is 0.314 e. The van der Waals surface area contributed by atoms with Crippen LogP contribution >= 0.6 is 0 Å². The quantitative estimate of drug-likeness (QED) is 0.837. The highest BCUT2D eigenvalue weighted by Crippen LogP contribution is 2.23. The van der Waals surface area contributed by atoms with E-state index in [2.05, 4.69) is 72.6 Å². The van der Waals surface area contributed by atoms with Crippen LogP contribution in [0.25, 0.3) is 0 Å². The molecule has 1 fully saturated rings. The van der Waals surface area contributed by atoms with Crippen molar-refractivity contribution in [2.75, 3.05) is 46.8 Å². The van der Waals surface area contributed by atoms with Crippen molar-refractivity contribution >= 4 is 6.03 Å². The van der Waals surface area contributed by atoms with E-state index in [-0.39, 0.29) is 6.03 Å². The van der Waals surface area contributed by atoms with Gasteiger partial charge in [0, 0.05) is 44.7 Å². The Balaban J connectivity index is 1.79. The topological polar surface area (TPSA) is 47.6 Å². The van der Waals surface area contributed by atoms with Crippen molar-refractivity contribution in [2.24, 2.45) is 5.92 Å². The van der Waals surface area contributed by atoms with Crippen LogP contribution in [0, 0.1) is 5.92 Å². The van der Waals surface area contributed by atoms with Gasteiger partial charge < -0.3 is 15.5 Å². The number of rotatable bonds is 6. The fourth-order valence-electron chi connectivity index (χ4n) is 3.24. The largest absolute Gasteiger partial charge is 0.338 e. The Morgan fingerprint density at radius 3 is 2.54 bits per heavy atom. The Labute approximate surface area is 146 Å². The zero-order valence-electron chi connectivity index (χ0n) is 15.5. The number of benzene rings is 1. The number of piperazine rings is 1. The van der Waals surface area contributed by atoms with Crippen LogP contribution in [0.2, 0.25) is 0 Å². The molecule has 5 heteroatoms. The summed E-state index contributed by atoms with van der Waals surface area (Å²) in [6.07, 6.45) is 0. The Kier molecular flexibility index (Phi) is 7.06. The predicted molar refractivity (Wildman–Crippen MR) is 99.3 cm³/mol. The molecule has 5 nitrogen and oxygen atoms in total. The minimum absolute atomic E-state index is 0.0711. The molecule has 1 aromatic carbocycles. The van der Waals surface area contributed by atoms with E-state index in [1.807, 2.05) is 6.07 Å². The van der Waals surface area contributed by atoms with E-state index in [0.29, 0.717) is 31.0 Å². The number of carbonyl (C=O) groups excluding carboxylic acids is 1. The van der Waals surface area contributed by atoms with Gasteiger partial charge in [-0.15, -0.1) is 0 Å². The lowest BCUT2D eigenvalue weighted by Gasteiger charge is -2.37. The first-order valence-electron chi connectivity index (χ1n) is 8.92. The second-order valence-corrected chi connectivity index (χ2v) is 7.25. The van der Waals surface area contributed by atoms with Crippen LogP contribution in [0.3, 0.4) is 0 Å². The fraction of sp³-hybridized carbons (Fsp3) is 0.632. The third kappa shape index (κ3) is 5.49. The fourth-order valence-corrected chi connectivity index (χ4v) is 3.24. The molecule has 24 heavy (non-hydrogen) atoms. The van der Waals surface area contributed by atoms with E-state index in [9.17, 15) is 4.79 Å². The maximum atomic E-state index is 12.2. The lowest BCUT2D eigenvalue weighted by molar-refractivity contribution is 0.114. The molecule has 0 unspecified atom stereocenters. The number of urea groups is 1. The molecule has 2 rings (SSSR count). The molecule has 1 heterocycles. The molecular formula is C19H32N4O. The van der Waals surface area contributed by atoms with Gasteiger partial charge in [-0.25, -0.2) is 4.79 Å². The molecule has 2 atom stereocenters. The van der Waals surface area contributed by atoms with Gasteiger partial charge in [0.05, 0.1) is 0 Å². The van der Waals surface area contributed by atoms with E-state index in [0.717, 1.165) is 19.6 Å². The van der Waals surface area contributed by atoms with Crippen LogP contribution in [0.15, 0.2) is 30.3 Å². The molecule has 0 spiro atoms. The van der Waals surface area contributed by atoms with Gasteiger partial charge in [0.2, 0.25) is 0 Å². The molecule has 0 aliphatic carbocycles. The molecule has 0 saturated carbocycles. The minimum atomic E-state index is -0.0711. The first kappa shape index (κ1) is 18.7. The Hall–Kier alpha value is -1.59. The lowest BCUT2D eigenvalue weighted by atomic mass is 9.88. The molecule has 1 aromatic rings. The highest BCUT2D eigenvalue weighted by Gasteiger charge is 2.22. The Morgan fingerprint density at radius 1 is 1.17 bits per heavy atom. The maximum Gasteiger partial charge on any atom is 0.314 e. The number of nitrogens with zero attached hydrogens (tertiary/aromatic N) is 2. The van der Waals surface area contributed by atoms with E-state index in [1.165, 1.54) is 5.56 Å². The van der Waals surface area contributed by atoms with Gasteiger partial charge in [-0.1, -0.05) is 44.2 Å². The number of carbonyl (C=O) groups is 1. The lowest BCUT2D eigenvalue weighted by Crippen LogP contribution is -2.55. The number of nitrogens with one attached hydrogen (secondary N) is 2. The van der Waals surface area contributed by atoms with Crippen molar-refractivity contribution < 1.29 is 4.79 Å². The van der Waals surface area contributed by atoms with Gasteiger partial charge in [-0.05, 0) is 25.6 Å². The van der Waals surface area contributed by atoms with Crippen LogP contribution in [-0.2, 0) is 0 Å². The maximum absolute atomic E-state index is 12.2. The minimum Gasteiger partial charge on any atom is -0.338 e. The van der Waals surface area contributed by atoms with Crippen molar-refractivity contribution in [1.82, 2.24) is 20.4 Å². The van der Waals surface area contributed by atoms with Crippen LogP contribution < -0.4 is 10.6 Å². The summed E-state index contributed by atoms with van der Waals surface area (Å²) in [6.45, 7) is 8.88. The molecule has 2 amide bonds. The molecule has 134 valence electrons. The summed E-state index contributed by atoms with van der Waals surface area (Å²) in [5, 5.41) is 6.08. The van der Waals surface area contributed by atoms with Crippen LogP contribution in [0.1, 0.15) is 25.3 Å². The van der Waals surface area contributed by atoms with Crippen LogP contribution in [0.5, 0.6) is 0 Å². The Morgan fingerprint density at radius 2 is 1.88 bits per heavy atom. The molecule has 0 radical (unpaired) electrons. The SMILES string of the molecule is CC(C)[C@H](CNC(=O)NC[C@H]1CN(C)CCN1C)c1ccccc1. The van der Waals surface area contributed by atoms with Gasteiger partial charge in [0.25, 0.3) is 0 Å². The second-order valence-electron chi connectivity index (χ2n) is 7.25. The standard InChI is InChI=1S/C19H32N4O/c1-15(2)18(16-8-6-5-7-9-16)13-21-19(24)20-12-17-14-22(3)10-11-23(17)4/h5-9,15,17-18H,10-14H2,1-4H3,(H2,20,21,24)/t17-,18-/m0/s1. The summed E-state index contributed by atoms with van der Waals surface area (Å²) >= 11 is 0. The summed E-state index contributed by atoms with van der Waals surface area (Å²) in [5.41, 5.74) is 1.28. The molecule has 0 aromatic heterocycles. The van der Waals surface area contributed by atoms with Crippen LogP contribution in [-0.4, -0.2) is 68.7 Å². The molecule has 1 aliphatic rings. The van der Waals surface area contributed by atoms with E-state index >= 15 is 0 Å². The van der Waals surface area contributed by atoms with Crippen molar-refractivity contribution in [3.63, 3.8) is 0 Å². The van der Waals surface area contributed by atoms with Crippen molar-refractivity contribution in [1.29, 1.82) is 0 Å². The predicted octanol–water partition coefficient (Wildman–Crippen LogP) is 1.97. The first-order valence-corrected chi connectivity index (χ1v) is 8.92. The summed E-state index contributed by atoms with van der Waals surface area (Å²) in [6, 6.07) is 10.7. The highest BCUT2D eigenvalue weighted by atomic mass is 16.2. The third-order valence-corrected chi connectivity index (χ3v) is 4.99. The zero-order chi connectivity index (χ0) is 17.5. The van der Waals surface area contributed by atoms with Crippen molar-refractivity contribution in [3.05, 3.63) is 35.9 Å². The van der Waals surface area contributed by atoms with Crippen molar-refractivity contribution in [3.8, 4) is 0 Å². The third-order valence-electron chi connectivity index (χ3n) is 4.99.